The Bertz CT molecular complexity index is 399. The third-order valence-electron chi connectivity index (χ3n) is 4.90. The molecule has 1 spiro atoms. The Morgan fingerprint density at radius 2 is 1.85 bits per heavy atom. The standard InChI is InChI=1S/C16H27BN2O/c1-12(2)19(13(3)4)17-15(14(5)11-18)10-16(20-17)8-6-7-9-16/h12-13,15H,5-10H2,1-4H3. The summed E-state index contributed by atoms with van der Waals surface area (Å²) in [6.45, 7) is 12.8. The summed E-state index contributed by atoms with van der Waals surface area (Å²) in [7, 11) is 0.0141. The molecule has 0 aromatic heterocycles. The van der Waals surface area contributed by atoms with Crippen molar-refractivity contribution in [2.24, 2.45) is 0 Å². The van der Waals surface area contributed by atoms with Gasteiger partial charge in [0.2, 0.25) is 0 Å². The van der Waals surface area contributed by atoms with E-state index < -0.39 is 0 Å². The van der Waals surface area contributed by atoms with Crippen molar-refractivity contribution in [3.8, 4) is 6.07 Å². The molecule has 2 aliphatic rings. The first-order valence-electron chi connectivity index (χ1n) is 7.94. The molecule has 20 heavy (non-hydrogen) atoms. The summed E-state index contributed by atoms with van der Waals surface area (Å²) in [6, 6.07) is 3.09. The molecule has 0 radical (unpaired) electrons. The van der Waals surface area contributed by atoms with Gasteiger partial charge < -0.3 is 9.47 Å². The minimum atomic E-state index is 0.0111. The first kappa shape index (κ1) is 15.6. The number of allylic oxidation sites excluding steroid dienone is 1. The van der Waals surface area contributed by atoms with Gasteiger partial charge in [-0.05, 0) is 31.3 Å². The van der Waals surface area contributed by atoms with E-state index in [0.717, 1.165) is 19.3 Å². The molecule has 2 rings (SSSR count). The highest BCUT2D eigenvalue weighted by atomic mass is 16.5. The van der Waals surface area contributed by atoms with Gasteiger partial charge in [0.1, 0.15) is 0 Å². The predicted molar refractivity (Wildman–Crippen MR) is 83.3 cm³/mol. The van der Waals surface area contributed by atoms with Gasteiger partial charge in [0.25, 0.3) is 0 Å². The van der Waals surface area contributed by atoms with E-state index in [9.17, 15) is 5.26 Å². The second-order valence-corrected chi connectivity index (χ2v) is 6.98. The fraction of sp³-hybridized carbons (Fsp3) is 0.812. The van der Waals surface area contributed by atoms with Crippen molar-refractivity contribution in [2.45, 2.75) is 83.3 Å². The van der Waals surface area contributed by atoms with Gasteiger partial charge in [-0.2, -0.15) is 5.26 Å². The van der Waals surface area contributed by atoms with E-state index in [1.165, 1.54) is 12.8 Å². The van der Waals surface area contributed by atoms with Crippen LogP contribution in [-0.2, 0) is 4.65 Å². The maximum Gasteiger partial charge on any atom is 0.392 e. The zero-order valence-corrected chi connectivity index (χ0v) is 13.4. The SMILES string of the molecule is C=C(C#N)C1CC2(CCCC2)OB1N(C(C)C)C(C)C. The summed E-state index contributed by atoms with van der Waals surface area (Å²) in [6.07, 6.45) is 5.76. The zero-order valence-electron chi connectivity index (χ0n) is 13.4. The molecule has 0 aromatic carbocycles. The lowest BCUT2D eigenvalue weighted by atomic mass is 9.61. The van der Waals surface area contributed by atoms with Crippen LogP contribution in [0.2, 0.25) is 5.82 Å². The lowest BCUT2D eigenvalue weighted by Gasteiger charge is -2.36. The van der Waals surface area contributed by atoms with Crippen molar-refractivity contribution in [1.29, 1.82) is 5.26 Å². The van der Waals surface area contributed by atoms with Crippen molar-refractivity contribution >= 4 is 7.05 Å². The van der Waals surface area contributed by atoms with Crippen LogP contribution in [0.1, 0.15) is 59.8 Å². The van der Waals surface area contributed by atoms with Gasteiger partial charge >= 0.3 is 7.05 Å². The molecular weight excluding hydrogens is 247 g/mol. The third-order valence-corrected chi connectivity index (χ3v) is 4.90. The average molecular weight is 274 g/mol. The Balaban J connectivity index is 2.27. The molecule has 2 fully saturated rings. The van der Waals surface area contributed by atoms with Crippen LogP contribution in [0.25, 0.3) is 0 Å². The van der Waals surface area contributed by atoms with Gasteiger partial charge in [-0.3, -0.25) is 0 Å². The fourth-order valence-corrected chi connectivity index (χ4v) is 4.06. The average Bonchev–Trinajstić information content (AvgIpc) is 2.96. The third kappa shape index (κ3) is 2.80. The Kier molecular flexibility index (Phi) is 4.61. The maximum absolute atomic E-state index is 9.28. The number of nitrogens with zero attached hydrogens (tertiary/aromatic N) is 2. The summed E-state index contributed by atoms with van der Waals surface area (Å²) < 4.78 is 6.54. The lowest BCUT2D eigenvalue weighted by Crippen LogP contribution is -2.51. The monoisotopic (exact) mass is 274 g/mol. The van der Waals surface area contributed by atoms with Crippen molar-refractivity contribution in [3.63, 3.8) is 0 Å². The number of hydrogen-bond acceptors (Lipinski definition) is 3. The van der Waals surface area contributed by atoms with Crippen molar-refractivity contribution in [1.82, 2.24) is 4.81 Å². The summed E-state index contributed by atoms with van der Waals surface area (Å²) in [5.74, 6) is 0.155. The minimum absolute atomic E-state index is 0.0111. The second kappa shape index (κ2) is 5.91. The quantitative estimate of drug-likeness (QED) is 0.578. The molecule has 1 aliphatic carbocycles. The summed E-state index contributed by atoms with van der Waals surface area (Å²) in [5, 5.41) is 9.28. The number of rotatable bonds is 4. The molecule has 0 amide bonds. The highest BCUT2D eigenvalue weighted by Crippen LogP contribution is 2.50. The van der Waals surface area contributed by atoms with Crippen LogP contribution in [-0.4, -0.2) is 29.5 Å². The van der Waals surface area contributed by atoms with Gasteiger partial charge in [-0.25, -0.2) is 0 Å². The van der Waals surface area contributed by atoms with Crippen LogP contribution in [0, 0.1) is 11.3 Å². The van der Waals surface area contributed by atoms with Crippen molar-refractivity contribution in [3.05, 3.63) is 12.2 Å². The molecule has 0 aromatic rings. The van der Waals surface area contributed by atoms with Gasteiger partial charge in [0.05, 0.1) is 11.7 Å². The lowest BCUT2D eigenvalue weighted by molar-refractivity contribution is 0.0778. The first-order valence-corrected chi connectivity index (χ1v) is 7.94. The molecule has 1 saturated carbocycles. The Morgan fingerprint density at radius 3 is 2.30 bits per heavy atom. The normalized spacial score (nSPS) is 25.1. The molecular formula is C16H27BN2O. The van der Waals surface area contributed by atoms with E-state index in [2.05, 4.69) is 45.2 Å². The second-order valence-electron chi connectivity index (χ2n) is 6.98. The van der Waals surface area contributed by atoms with Gasteiger partial charge in [-0.15, -0.1) is 0 Å². The zero-order chi connectivity index (χ0) is 14.9. The molecule has 1 atom stereocenters. The molecule has 3 nitrogen and oxygen atoms in total. The molecule has 0 N–H and O–H groups in total. The number of hydrogen-bond donors (Lipinski definition) is 0. The van der Waals surface area contributed by atoms with Gasteiger partial charge in [-0.1, -0.05) is 47.1 Å². The summed E-state index contributed by atoms with van der Waals surface area (Å²) in [4.78, 5) is 2.40. The molecule has 1 unspecified atom stereocenters. The molecule has 0 bridgehead atoms. The van der Waals surface area contributed by atoms with E-state index in [1.807, 2.05) is 0 Å². The molecule has 1 aliphatic heterocycles. The Labute approximate surface area is 124 Å². The van der Waals surface area contributed by atoms with E-state index in [0.29, 0.717) is 17.7 Å². The molecule has 1 heterocycles. The Morgan fingerprint density at radius 1 is 1.30 bits per heavy atom. The van der Waals surface area contributed by atoms with Crippen LogP contribution in [0.15, 0.2) is 12.2 Å². The van der Waals surface area contributed by atoms with E-state index in [1.54, 1.807) is 0 Å². The maximum atomic E-state index is 9.28. The van der Waals surface area contributed by atoms with Crippen LogP contribution in [0.4, 0.5) is 0 Å². The summed E-state index contributed by atoms with van der Waals surface area (Å²) in [5.41, 5.74) is 0.696. The highest BCUT2D eigenvalue weighted by molar-refractivity contribution is 6.53. The smallest absolute Gasteiger partial charge is 0.392 e. The first-order chi connectivity index (χ1) is 9.40. The molecule has 4 heteroatoms. The van der Waals surface area contributed by atoms with Crippen molar-refractivity contribution in [2.75, 3.05) is 0 Å². The van der Waals surface area contributed by atoms with E-state index in [-0.39, 0.29) is 18.5 Å². The van der Waals surface area contributed by atoms with E-state index >= 15 is 0 Å². The molecule has 1 saturated heterocycles. The largest absolute Gasteiger partial charge is 0.415 e. The Hall–Kier alpha value is -0.785. The summed E-state index contributed by atoms with van der Waals surface area (Å²) >= 11 is 0. The van der Waals surface area contributed by atoms with Crippen molar-refractivity contribution < 1.29 is 4.65 Å². The topological polar surface area (TPSA) is 36.3 Å². The predicted octanol–water partition coefficient (Wildman–Crippen LogP) is 3.78. The van der Waals surface area contributed by atoms with Gasteiger partial charge in [0, 0.05) is 11.4 Å². The highest BCUT2D eigenvalue weighted by Gasteiger charge is 2.54. The van der Waals surface area contributed by atoms with E-state index in [4.69, 9.17) is 4.65 Å². The van der Waals surface area contributed by atoms with Crippen LogP contribution < -0.4 is 0 Å². The number of nitriles is 1. The van der Waals surface area contributed by atoms with Crippen LogP contribution >= 0.6 is 0 Å². The van der Waals surface area contributed by atoms with Crippen LogP contribution in [0.5, 0.6) is 0 Å². The van der Waals surface area contributed by atoms with Gasteiger partial charge in [0.15, 0.2) is 0 Å². The minimum Gasteiger partial charge on any atom is -0.415 e. The molecule has 110 valence electrons. The van der Waals surface area contributed by atoms with Crippen LogP contribution in [0.3, 0.4) is 0 Å². The fourth-order valence-electron chi connectivity index (χ4n) is 4.06.